The Hall–Kier alpha value is -4.32. The molecular formula is C30H25Cl2N5O5S. The van der Waals surface area contributed by atoms with Crippen LogP contribution >= 0.6 is 35.0 Å². The van der Waals surface area contributed by atoms with Crippen LogP contribution in [0.5, 0.6) is 11.5 Å². The predicted octanol–water partition coefficient (Wildman–Crippen LogP) is 6.86. The van der Waals surface area contributed by atoms with Gasteiger partial charge in [-0.1, -0.05) is 53.2 Å². The van der Waals surface area contributed by atoms with Crippen LogP contribution in [0.25, 0.3) is 34.0 Å². The van der Waals surface area contributed by atoms with Gasteiger partial charge < -0.3 is 19.4 Å². The predicted molar refractivity (Wildman–Crippen MR) is 164 cm³/mol. The number of halogens is 2. The monoisotopic (exact) mass is 637 g/mol. The molecule has 10 nitrogen and oxygen atoms in total. The third kappa shape index (κ3) is 7.02. The fraction of sp³-hybridized carbons (Fsp3) is 0.167. The lowest BCUT2D eigenvalue weighted by Crippen LogP contribution is -2.14. The zero-order valence-electron chi connectivity index (χ0n) is 23.0. The average molecular weight is 639 g/mol. The molecule has 0 aliphatic rings. The highest BCUT2D eigenvalue weighted by Gasteiger charge is 2.26. The Kier molecular flexibility index (Phi) is 9.65. The number of nitrogens with zero attached hydrogens (tertiary/aromatic N) is 5. The molecule has 0 atom stereocenters. The average Bonchev–Trinajstić information content (AvgIpc) is 3.36. The summed E-state index contributed by atoms with van der Waals surface area (Å²) >= 11 is 14.7. The summed E-state index contributed by atoms with van der Waals surface area (Å²) in [4.78, 5) is 29.7. The molecule has 1 N–H and O–H groups in total. The number of imidazole rings is 1. The number of hydrogen-bond acceptors (Lipinski definition) is 10. The van der Waals surface area contributed by atoms with Crippen molar-refractivity contribution in [1.29, 1.82) is 0 Å². The van der Waals surface area contributed by atoms with Gasteiger partial charge in [0.05, 0.1) is 33.6 Å². The number of pyridine rings is 1. The summed E-state index contributed by atoms with van der Waals surface area (Å²) in [5.74, 6) is 0.372. The number of hydrogen-bond donors (Lipinski definition) is 1. The van der Waals surface area contributed by atoms with E-state index in [-0.39, 0.29) is 47.0 Å². The largest absolute Gasteiger partial charge is 0.487 e. The van der Waals surface area contributed by atoms with Crippen molar-refractivity contribution in [3.8, 4) is 45.5 Å². The summed E-state index contributed by atoms with van der Waals surface area (Å²) in [6, 6.07) is 17.6. The SMILES string of the molecule is CCOC(=O)COc1cc(Cl)c(-c2nc(-c3cccc(OCc4ccccn4)c3)c(-c3ccnc(SC)n3)n2O)c(Cl)c1. The van der Waals surface area contributed by atoms with E-state index in [9.17, 15) is 10.0 Å². The second-order valence-electron chi connectivity index (χ2n) is 8.87. The fourth-order valence-electron chi connectivity index (χ4n) is 4.14. The van der Waals surface area contributed by atoms with Crippen molar-refractivity contribution < 1.29 is 24.2 Å². The Morgan fingerprint density at radius 3 is 2.49 bits per heavy atom. The molecule has 3 aromatic heterocycles. The van der Waals surface area contributed by atoms with E-state index in [0.717, 1.165) is 10.4 Å². The van der Waals surface area contributed by atoms with Gasteiger partial charge in [0.15, 0.2) is 17.6 Å². The van der Waals surface area contributed by atoms with Crippen molar-refractivity contribution in [3.63, 3.8) is 0 Å². The topological polar surface area (TPSA) is 121 Å². The van der Waals surface area contributed by atoms with Gasteiger partial charge in [-0.2, -0.15) is 4.73 Å². The van der Waals surface area contributed by atoms with Gasteiger partial charge in [-0.05, 0) is 55.6 Å². The summed E-state index contributed by atoms with van der Waals surface area (Å²) < 4.78 is 17.3. The maximum absolute atomic E-state index is 11.7. The highest BCUT2D eigenvalue weighted by Crippen LogP contribution is 2.42. The number of rotatable bonds is 11. The summed E-state index contributed by atoms with van der Waals surface area (Å²) in [6.45, 7) is 1.90. The molecule has 0 aliphatic carbocycles. The van der Waals surface area contributed by atoms with Crippen LogP contribution in [0, 0.1) is 0 Å². The van der Waals surface area contributed by atoms with Gasteiger partial charge in [0.2, 0.25) is 0 Å². The molecule has 0 amide bonds. The molecule has 220 valence electrons. The summed E-state index contributed by atoms with van der Waals surface area (Å²) in [5, 5.41) is 12.4. The molecule has 0 unspecified atom stereocenters. The van der Waals surface area contributed by atoms with Gasteiger partial charge in [-0.3, -0.25) is 4.98 Å². The molecule has 13 heteroatoms. The minimum atomic E-state index is -0.528. The van der Waals surface area contributed by atoms with Gasteiger partial charge in [-0.25, -0.2) is 19.7 Å². The number of carbonyl (C=O) groups excluding carboxylic acids is 1. The lowest BCUT2D eigenvalue weighted by atomic mass is 10.1. The van der Waals surface area contributed by atoms with Crippen LogP contribution in [0.4, 0.5) is 0 Å². The van der Waals surface area contributed by atoms with Crippen LogP contribution < -0.4 is 9.47 Å². The molecule has 0 fully saturated rings. The number of carbonyl (C=O) groups is 1. The van der Waals surface area contributed by atoms with Gasteiger partial charge >= 0.3 is 5.97 Å². The molecule has 0 saturated carbocycles. The lowest BCUT2D eigenvalue weighted by Gasteiger charge is -2.11. The van der Waals surface area contributed by atoms with Crippen molar-refractivity contribution >= 4 is 40.9 Å². The van der Waals surface area contributed by atoms with Gasteiger partial charge in [0.25, 0.3) is 0 Å². The number of benzene rings is 2. The van der Waals surface area contributed by atoms with Gasteiger partial charge in [0.1, 0.15) is 29.5 Å². The Morgan fingerprint density at radius 1 is 0.953 bits per heavy atom. The Bertz CT molecular complexity index is 1730. The van der Waals surface area contributed by atoms with Crippen molar-refractivity contribution in [2.45, 2.75) is 18.7 Å². The summed E-state index contributed by atoms with van der Waals surface area (Å²) in [6.07, 6.45) is 5.17. The van der Waals surface area contributed by atoms with E-state index < -0.39 is 5.97 Å². The van der Waals surface area contributed by atoms with Crippen LogP contribution in [-0.4, -0.2) is 55.3 Å². The van der Waals surface area contributed by atoms with Gasteiger partial charge in [-0.15, -0.1) is 0 Å². The molecule has 43 heavy (non-hydrogen) atoms. The first kappa shape index (κ1) is 30.1. The highest BCUT2D eigenvalue weighted by atomic mass is 35.5. The molecule has 0 spiro atoms. The summed E-state index contributed by atoms with van der Waals surface area (Å²) in [7, 11) is 0. The molecular weight excluding hydrogens is 613 g/mol. The van der Waals surface area contributed by atoms with E-state index in [1.807, 2.05) is 48.7 Å². The molecule has 0 saturated heterocycles. The third-order valence-electron chi connectivity index (χ3n) is 6.03. The molecule has 0 bridgehead atoms. The van der Waals surface area contributed by atoms with E-state index in [4.69, 9.17) is 42.4 Å². The quantitative estimate of drug-likeness (QED) is 0.0711. The second-order valence-corrected chi connectivity index (χ2v) is 10.5. The first-order valence-electron chi connectivity index (χ1n) is 13.0. The van der Waals surface area contributed by atoms with Crippen molar-refractivity contribution in [1.82, 2.24) is 24.7 Å². The van der Waals surface area contributed by atoms with Crippen LogP contribution in [0.15, 0.2) is 78.2 Å². The van der Waals surface area contributed by atoms with Crippen molar-refractivity contribution in [3.05, 3.63) is 88.8 Å². The zero-order chi connectivity index (χ0) is 30.3. The number of aromatic nitrogens is 5. The van der Waals surface area contributed by atoms with Crippen molar-refractivity contribution in [2.24, 2.45) is 0 Å². The first-order valence-corrected chi connectivity index (χ1v) is 15.0. The van der Waals surface area contributed by atoms with E-state index >= 15 is 0 Å². The van der Waals surface area contributed by atoms with Gasteiger partial charge in [0, 0.05) is 18.0 Å². The highest BCUT2D eigenvalue weighted by molar-refractivity contribution is 7.98. The maximum atomic E-state index is 11.7. The van der Waals surface area contributed by atoms with E-state index in [1.54, 1.807) is 25.4 Å². The fourth-order valence-corrected chi connectivity index (χ4v) is 5.13. The van der Waals surface area contributed by atoms with Crippen LogP contribution in [-0.2, 0) is 16.1 Å². The number of thioether (sulfide) groups is 1. The molecule has 3 heterocycles. The molecule has 0 aliphatic heterocycles. The van der Waals surface area contributed by atoms with Crippen LogP contribution in [0.1, 0.15) is 12.6 Å². The summed E-state index contributed by atoms with van der Waals surface area (Å²) in [5.41, 5.74) is 2.81. The van der Waals surface area contributed by atoms with Crippen LogP contribution in [0.3, 0.4) is 0 Å². The minimum Gasteiger partial charge on any atom is -0.487 e. The Balaban J connectivity index is 1.57. The number of esters is 1. The van der Waals surface area contributed by atoms with Crippen molar-refractivity contribution in [2.75, 3.05) is 19.5 Å². The maximum Gasteiger partial charge on any atom is 0.344 e. The zero-order valence-corrected chi connectivity index (χ0v) is 25.4. The minimum absolute atomic E-state index is 0.0704. The van der Waals surface area contributed by atoms with Crippen LogP contribution in [0.2, 0.25) is 10.0 Å². The molecule has 2 aromatic carbocycles. The smallest absolute Gasteiger partial charge is 0.344 e. The first-order chi connectivity index (χ1) is 20.9. The van der Waals surface area contributed by atoms with E-state index in [1.165, 1.54) is 23.9 Å². The second kappa shape index (κ2) is 13.8. The Morgan fingerprint density at radius 2 is 1.77 bits per heavy atom. The normalized spacial score (nSPS) is 10.9. The van der Waals surface area contributed by atoms with E-state index in [2.05, 4.69) is 15.0 Å². The standard InChI is InChI=1S/C30H25Cl2N5O5S/c1-3-40-25(38)17-42-21-14-22(31)26(23(32)15-21)29-36-27(28(37(29)39)24-10-12-34-30(35-24)43-2)18-7-6-9-20(13-18)41-16-19-8-4-5-11-33-19/h4-15,39H,3,16-17H2,1-2H3. The lowest BCUT2D eigenvalue weighted by molar-refractivity contribution is -0.145. The molecule has 5 aromatic rings. The Labute approximate surface area is 261 Å². The number of ether oxygens (including phenoxy) is 3. The molecule has 0 radical (unpaired) electrons. The third-order valence-corrected chi connectivity index (χ3v) is 7.19. The van der Waals surface area contributed by atoms with E-state index in [0.29, 0.717) is 33.6 Å². The molecule has 5 rings (SSSR count).